The van der Waals surface area contributed by atoms with Crippen molar-refractivity contribution in [3.05, 3.63) is 11.1 Å². The van der Waals surface area contributed by atoms with E-state index >= 15 is 0 Å². The van der Waals surface area contributed by atoms with Gasteiger partial charge in [-0.05, 0) is 12.5 Å². The first-order valence-corrected chi connectivity index (χ1v) is 5.87. The fourth-order valence-electron chi connectivity index (χ4n) is 1.78. The molecule has 3 atom stereocenters. The molecule has 13 heavy (non-hydrogen) atoms. The van der Waals surface area contributed by atoms with Crippen molar-refractivity contribution in [3.8, 4) is 0 Å². The zero-order valence-corrected chi connectivity index (χ0v) is 10.7. The zero-order chi connectivity index (χ0) is 10.1. The number of hydrogen-bond donors (Lipinski definition) is 0. The Balaban J connectivity index is 2.62. The minimum absolute atomic E-state index is 0.334. The third-order valence-electron chi connectivity index (χ3n) is 2.59. The standard InChI is InChI=1S/C7H4Cl6/c8-3-1-5(10)2-4(9)6(3,11)7(5,12)13/h1,4H,2H2/t4-,5-,6+/m0/s1. The molecule has 2 aliphatic carbocycles. The van der Waals surface area contributed by atoms with Crippen molar-refractivity contribution in [2.75, 3.05) is 0 Å². The van der Waals surface area contributed by atoms with Gasteiger partial charge in [-0.3, -0.25) is 0 Å². The molecule has 2 aliphatic rings. The quantitative estimate of drug-likeness (QED) is 0.586. The average molecular weight is 301 g/mol. The van der Waals surface area contributed by atoms with Crippen molar-refractivity contribution in [2.45, 2.75) is 25.9 Å². The topological polar surface area (TPSA) is 0 Å². The van der Waals surface area contributed by atoms with Crippen LogP contribution in [0, 0.1) is 0 Å². The second-order valence-corrected chi connectivity index (χ2v) is 6.84. The second-order valence-electron chi connectivity index (χ2n) is 3.31. The first kappa shape index (κ1) is 11.0. The van der Waals surface area contributed by atoms with Gasteiger partial charge < -0.3 is 0 Å². The molecular weight excluding hydrogens is 297 g/mol. The molecule has 0 unspecified atom stereocenters. The summed E-state index contributed by atoms with van der Waals surface area (Å²) in [6.07, 6.45) is 2.00. The molecule has 0 aliphatic heterocycles. The van der Waals surface area contributed by atoms with Crippen LogP contribution in [0.2, 0.25) is 0 Å². The molecule has 74 valence electrons. The minimum atomic E-state index is -1.34. The first-order valence-electron chi connectivity index (χ1n) is 3.54. The average Bonchev–Trinajstić information content (AvgIpc) is 2.17. The van der Waals surface area contributed by atoms with Crippen LogP contribution in [0.5, 0.6) is 0 Å². The predicted molar refractivity (Wildman–Crippen MR) is 59.8 cm³/mol. The van der Waals surface area contributed by atoms with Crippen molar-refractivity contribution in [2.24, 2.45) is 0 Å². The summed E-state index contributed by atoms with van der Waals surface area (Å²) < 4.78 is -1.34. The van der Waals surface area contributed by atoms with Crippen molar-refractivity contribution >= 4 is 69.6 Å². The highest BCUT2D eigenvalue weighted by molar-refractivity contribution is 6.64. The lowest BCUT2D eigenvalue weighted by molar-refractivity contribution is 0.688. The van der Waals surface area contributed by atoms with E-state index in [1.807, 2.05) is 0 Å². The Kier molecular flexibility index (Phi) is 2.35. The Morgan fingerprint density at radius 1 is 1.23 bits per heavy atom. The molecule has 1 saturated carbocycles. The van der Waals surface area contributed by atoms with Crippen molar-refractivity contribution in [3.63, 3.8) is 0 Å². The Bertz CT molecular complexity index is 297. The number of halogens is 6. The third kappa shape index (κ3) is 1.03. The lowest BCUT2D eigenvalue weighted by atomic mass is 10.1. The summed E-state index contributed by atoms with van der Waals surface area (Å²) in [5.41, 5.74) is 0. The van der Waals surface area contributed by atoms with Gasteiger partial charge in [0, 0.05) is 5.03 Å². The van der Waals surface area contributed by atoms with Gasteiger partial charge in [0.05, 0.1) is 5.38 Å². The first-order chi connectivity index (χ1) is 5.76. The molecule has 0 aromatic rings. The molecule has 2 rings (SSSR count). The normalized spacial score (nSPS) is 52.5. The highest BCUT2D eigenvalue weighted by atomic mass is 35.5. The van der Waals surface area contributed by atoms with Crippen LogP contribution in [0.3, 0.4) is 0 Å². The lowest BCUT2D eigenvalue weighted by Crippen LogP contribution is -2.44. The van der Waals surface area contributed by atoms with Gasteiger partial charge >= 0.3 is 0 Å². The van der Waals surface area contributed by atoms with E-state index in [1.54, 1.807) is 6.08 Å². The predicted octanol–water partition coefficient (Wildman–Crippen LogP) is 4.26. The van der Waals surface area contributed by atoms with Gasteiger partial charge in [-0.2, -0.15) is 0 Å². The van der Waals surface area contributed by atoms with Crippen LogP contribution < -0.4 is 0 Å². The molecule has 0 spiro atoms. The molecule has 0 nitrogen and oxygen atoms in total. The highest BCUT2D eigenvalue weighted by Gasteiger charge is 2.75. The van der Waals surface area contributed by atoms with Crippen LogP contribution in [-0.2, 0) is 0 Å². The van der Waals surface area contributed by atoms with Crippen LogP contribution in [-0.4, -0.2) is 19.5 Å². The number of rotatable bonds is 0. The summed E-state index contributed by atoms with van der Waals surface area (Å²) in [7, 11) is 0. The largest absolute Gasteiger partial charge is 0.166 e. The van der Waals surface area contributed by atoms with Gasteiger partial charge in [0.2, 0.25) is 0 Å². The van der Waals surface area contributed by atoms with E-state index in [1.165, 1.54) is 0 Å². The molecule has 0 N–H and O–H groups in total. The van der Waals surface area contributed by atoms with Gasteiger partial charge in [-0.15, -0.1) is 34.8 Å². The smallest absolute Gasteiger partial charge is 0.120 e. The Labute approximate surface area is 106 Å². The summed E-state index contributed by atoms with van der Waals surface area (Å²) in [5.74, 6) is 0. The van der Waals surface area contributed by atoms with Gasteiger partial charge in [0.25, 0.3) is 0 Å². The van der Waals surface area contributed by atoms with Gasteiger partial charge in [0.1, 0.15) is 9.75 Å². The fourth-order valence-corrected chi connectivity index (χ4v) is 4.66. The molecule has 0 heterocycles. The monoisotopic (exact) mass is 298 g/mol. The maximum Gasteiger partial charge on any atom is 0.166 e. The van der Waals surface area contributed by atoms with Crippen LogP contribution >= 0.6 is 69.6 Å². The molecule has 1 fully saturated rings. The fraction of sp³-hybridized carbons (Fsp3) is 0.714. The van der Waals surface area contributed by atoms with E-state index < -0.39 is 19.5 Å². The van der Waals surface area contributed by atoms with Gasteiger partial charge in [-0.25, -0.2) is 0 Å². The van der Waals surface area contributed by atoms with Gasteiger partial charge in [-0.1, -0.05) is 34.8 Å². The molecular formula is C7H4Cl6. The SMILES string of the molecule is ClC1=C[C@]2(Cl)C[C@H](Cl)[C@@]1(Cl)C2(Cl)Cl. The maximum absolute atomic E-state index is 6.20. The Morgan fingerprint density at radius 2 is 1.77 bits per heavy atom. The number of allylic oxidation sites excluding steroid dienone is 2. The summed E-state index contributed by atoms with van der Waals surface area (Å²) in [6.45, 7) is 0. The summed E-state index contributed by atoms with van der Waals surface area (Å²) in [6, 6.07) is 0. The minimum Gasteiger partial charge on any atom is -0.120 e. The highest BCUT2D eigenvalue weighted by Crippen LogP contribution is 2.69. The maximum atomic E-state index is 6.20. The molecule has 0 amide bonds. The van der Waals surface area contributed by atoms with Crippen LogP contribution in [0.15, 0.2) is 11.1 Å². The molecule has 0 saturated heterocycles. The number of alkyl halides is 5. The third-order valence-corrected chi connectivity index (χ3v) is 6.64. The van der Waals surface area contributed by atoms with E-state index in [0.29, 0.717) is 11.5 Å². The summed E-state index contributed by atoms with van der Waals surface area (Å²) in [4.78, 5) is -2.09. The van der Waals surface area contributed by atoms with Crippen molar-refractivity contribution < 1.29 is 0 Å². The van der Waals surface area contributed by atoms with E-state index in [4.69, 9.17) is 69.6 Å². The summed E-state index contributed by atoms with van der Waals surface area (Å²) >= 11 is 36.5. The molecule has 6 heteroatoms. The number of hydrogen-bond acceptors (Lipinski definition) is 0. The van der Waals surface area contributed by atoms with Crippen LogP contribution in [0.1, 0.15) is 6.42 Å². The second kappa shape index (κ2) is 2.78. The van der Waals surface area contributed by atoms with Crippen molar-refractivity contribution in [1.82, 2.24) is 0 Å². The molecule has 0 aromatic heterocycles. The zero-order valence-electron chi connectivity index (χ0n) is 6.13. The van der Waals surface area contributed by atoms with Crippen LogP contribution in [0.4, 0.5) is 0 Å². The van der Waals surface area contributed by atoms with E-state index in [-0.39, 0.29) is 0 Å². The van der Waals surface area contributed by atoms with Crippen LogP contribution in [0.25, 0.3) is 0 Å². The van der Waals surface area contributed by atoms with E-state index in [0.717, 1.165) is 0 Å². The van der Waals surface area contributed by atoms with E-state index in [2.05, 4.69) is 0 Å². The number of fused-ring (bicyclic) bond motifs is 2. The summed E-state index contributed by atoms with van der Waals surface area (Å²) in [5, 5.41) is -0.111. The molecule has 0 aromatic carbocycles. The Hall–Kier alpha value is 1.48. The van der Waals surface area contributed by atoms with Gasteiger partial charge in [0.15, 0.2) is 4.33 Å². The van der Waals surface area contributed by atoms with Crippen molar-refractivity contribution in [1.29, 1.82) is 0 Å². The molecule has 0 radical (unpaired) electrons. The lowest BCUT2D eigenvalue weighted by Gasteiger charge is -2.31. The molecule has 2 bridgehead atoms. The Morgan fingerprint density at radius 3 is 2.00 bits per heavy atom. The van der Waals surface area contributed by atoms with E-state index in [9.17, 15) is 0 Å².